The number of hydrogen-bond donors (Lipinski definition) is 0. The summed E-state index contributed by atoms with van der Waals surface area (Å²) in [5.74, 6) is 2.65. The van der Waals surface area contributed by atoms with Crippen LogP contribution in [0.5, 0.6) is 0 Å². The molecule has 4 heterocycles. The normalized spacial score (nSPS) is 19.1. The summed E-state index contributed by atoms with van der Waals surface area (Å²) in [7, 11) is 2.08. The van der Waals surface area contributed by atoms with Gasteiger partial charge >= 0.3 is 0 Å². The van der Waals surface area contributed by atoms with Crippen molar-refractivity contribution in [2.45, 2.75) is 51.6 Å². The minimum absolute atomic E-state index is 0.143. The van der Waals surface area contributed by atoms with Crippen molar-refractivity contribution in [2.75, 3.05) is 26.2 Å². The average Bonchev–Trinajstić information content (AvgIpc) is 3.40. The lowest BCUT2D eigenvalue weighted by molar-refractivity contribution is -0.133. The highest BCUT2D eigenvalue weighted by Gasteiger charge is 2.28. The number of nitrogens with zero attached hydrogens (tertiary/aromatic N) is 7. The van der Waals surface area contributed by atoms with Crippen molar-refractivity contribution in [2.24, 2.45) is 7.05 Å². The standard InChI is InChI=1S/C19H29N7O/c1-15-11-20-26(12-15)14-18(27)25-9-5-16(6-10-25)19-22-21-17(23(19)2)13-24-7-3-4-8-24/h11-12,16H,3-10,13-14H2,1-2H3. The molecular formula is C19H29N7O. The molecular weight excluding hydrogens is 342 g/mol. The molecule has 1 amide bonds. The Kier molecular flexibility index (Phi) is 5.24. The van der Waals surface area contributed by atoms with Crippen LogP contribution in [-0.2, 0) is 24.9 Å². The second kappa shape index (κ2) is 7.80. The molecule has 0 bridgehead atoms. The van der Waals surface area contributed by atoms with Gasteiger partial charge in [-0.2, -0.15) is 5.10 Å². The molecule has 2 aromatic rings. The van der Waals surface area contributed by atoms with Gasteiger partial charge in [0.1, 0.15) is 18.2 Å². The summed E-state index contributed by atoms with van der Waals surface area (Å²) in [6.45, 7) is 7.08. The summed E-state index contributed by atoms with van der Waals surface area (Å²) >= 11 is 0. The lowest BCUT2D eigenvalue weighted by Gasteiger charge is -2.31. The zero-order valence-corrected chi connectivity index (χ0v) is 16.3. The maximum Gasteiger partial charge on any atom is 0.244 e. The molecule has 2 fully saturated rings. The van der Waals surface area contributed by atoms with Crippen LogP contribution in [0.3, 0.4) is 0 Å². The zero-order chi connectivity index (χ0) is 18.8. The summed E-state index contributed by atoms with van der Waals surface area (Å²) in [5.41, 5.74) is 1.08. The topological polar surface area (TPSA) is 72.1 Å². The number of carbonyl (C=O) groups is 1. The first-order valence-corrected chi connectivity index (χ1v) is 9.97. The molecule has 2 aliphatic heterocycles. The summed E-state index contributed by atoms with van der Waals surface area (Å²) in [6, 6.07) is 0. The molecule has 0 radical (unpaired) electrons. The summed E-state index contributed by atoms with van der Waals surface area (Å²) < 4.78 is 3.89. The van der Waals surface area contributed by atoms with E-state index in [1.165, 1.54) is 25.9 Å². The zero-order valence-electron chi connectivity index (χ0n) is 16.3. The van der Waals surface area contributed by atoms with E-state index < -0.39 is 0 Å². The van der Waals surface area contributed by atoms with Gasteiger partial charge in [0, 0.05) is 32.3 Å². The first-order chi connectivity index (χ1) is 13.1. The largest absolute Gasteiger partial charge is 0.341 e. The van der Waals surface area contributed by atoms with Crippen molar-refractivity contribution in [1.29, 1.82) is 0 Å². The number of aryl methyl sites for hydroxylation is 1. The van der Waals surface area contributed by atoms with Crippen molar-refractivity contribution in [3.8, 4) is 0 Å². The van der Waals surface area contributed by atoms with Crippen molar-refractivity contribution in [3.63, 3.8) is 0 Å². The average molecular weight is 371 g/mol. The third-order valence-electron chi connectivity index (χ3n) is 5.83. The molecule has 0 saturated carbocycles. The van der Waals surface area contributed by atoms with Crippen LogP contribution in [0.25, 0.3) is 0 Å². The molecule has 0 aromatic carbocycles. The number of rotatable bonds is 5. The Balaban J connectivity index is 1.32. The molecule has 2 aromatic heterocycles. The van der Waals surface area contributed by atoms with Crippen molar-refractivity contribution in [3.05, 3.63) is 29.6 Å². The number of amides is 1. The smallest absolute Gasteiger partial charge is 0.244 e. The third kappa shape index (κ3) is 4.05. The second-order valence-corrected chi connectivity index (χ2v) is 7.89. The molecule has 8 nitrogen and oxygen atoms in total. The summed E-state index contributed by atoms with van der Waals surface area (Å²) in [6.07, 6.45) is 8.16. The van der Waals surface area contributed by atoms with E-state index in [1.54, 1.807) is 10.9 Å². The van der Waals surface area contributed by atoms with E-state index in [-0.39, 0.29) is 5.91 Å². The van der Waals surface area contributed by atoms with Crippen LogP contribution < -0.4 is 0 Å². The van der Waals surface area contributed by atoms with Gasteiger partial charge in [0.25, 0.3) is 0 Å². The van der Waals surface area contributed by atoms with E-state index in [1.807, 2.05) is 18.0 Å². The Bertz CT molecular complexity index is 782. The number of piperidine rings is 1. The number of hydrogen-bond acceptors (Lipinski definition) is 5. The van der Waals surface area contributed by atoms with E-state index in [4.69, 9.17) is 0 Å². The van der Waals surface area contributed by atoms with E-state index in [9.17, 15) is 4.79 Å². The predicted molar refractivity (Wildman–Crippen MR) is 101 cm³/mol. The van der Waals surface area contributed by atoms with Gasteiger partial charge in [-0.1, -0.05) is 0 Å². The lowest BCUT2D eigenvalue weighted by atomic mass is 9.96. The molecule has 0 aliphatic carbocycles. The number of likely N-dealkylation sites (tertiary alicyclic amines) is 2. The minimum atomic E-state index is 0.143. The Hall–Kier alpha value is -2.22. The molecule has 8 heteroatoms. The number of carbonyl (C=O) groups excluding carboxylic acids is 1. The van der Waals surface area contributed by atoms with Crippen molar-refractivity contribution >= 4 is 5.91 Å². The Labute approximate surface area is 160 Å². The molecule has 4 rings (SSSR count). The molecule has 0 spiro atoms. The van der Waals surface area contributed by atoms with Gasteiger partial charge in [-0.15, -0.1) is 10.2 Å². The Morgan fingerprint density at radius 1 is 1.15 bits per heavy atom. The molecule has 0 atom stereocenters. The Morgan fingerprint density at radius 2 is 1.89 bits per heavy atom. The molecule has 2 aliphatic rings. The van der Waals surface area contributed by atoms with Crippen LogP contribution in [0.2, 0.25) is 0 Å². The van der Waals surface area contributed by atoms with Gasteiger partial charge in [-0.05, 0) is 51.3 Å². The predicted octanol–water partition coefficient (Wildman–Crippen LogP) is 1.32. The molecule has 0 unspecified atom stereocenters. The van der Waals surface area contributed by atoms with Crippen LogP contribution in [0, 0.1) is 6.92 Å². The van der Waals surface area contributed by atoms with Crippen molar-refractivity contribution < 1.29 is 4.79 Å². The SMILES string of the molecule is Cc1cnn(CC(=O)N2CCC(c3nnc(CN4CCCC4)n3C)CC2)c1. The molecule has 27 heavy (non-hydrogen) atoms. The van der Waals surface area contributed by atoms with Crippen LogP contribution in [0.1, 0.15) is 48.8 Å². The maximum absolute atomic E-state index is 12.5. The fourth-order valence-corrected chi connectivity index (χ4v) is 4.19. The van der Waals surface area contributed by atoms with Crippen molar-refractivity contribution in [1.82, 2.24) is 34.3 Å². The first-order valence-electron chi connectivity index (χ1n) is 9.97. The van der Waals surface area contributed by atoms with Gasteiger partial charge in [-0.3, -0.25) is 14.4 Å². The second-order valence-electron chi connectivity index (χ2n) is 7.89. The minimum Gasteiger partial charge on any atom is -0.341 e. The Morgan fingerprint density at radius 3 is 2.56 bits per heavy atom. The number of aromatic nitrogens is 5. The van der Waals surface area contributed by atoms with E-state index in [0.29, 0.717) is 12.5 Å². The summed E-state index contributed by atoms with van der Waals surface area (Å²) in [4.78, 5) is 16.9. The van der Waals surface area contributed by atoms with E-state index in [0.717, 1.165) is 49.7 Å². The van der Waals surface area contributed by atoms with E-state index >= 15 is 0 Å². The maximum atomic E-state index is 12.5. The first kappa shape index (κ1) is 18.2. The van der Waals surface area contributed by atoms with Crippen LogP contribution >= 0.6 is 0 Å². The monoisotopic (exact) mass is 371 g/mol. The molecule has 146 valence electrons. The van der Waals surface area contributed by atoms with E-state index in [2.05, 4.69) is 31.8 Å². The van der Waals surface area contributed by atoms with Gasteiger partial charge in [0.2, 0.25) is 5.91 Å². The van der Waals surface area contributed by atoms with Gasteiger partial charge in [-0.25, -0.2) is 0 Å². The van der Waals surface area contributed by atoms with Crippen LogP contribution in [0.4, 0.5) is 0 Å². The van der Waals surface area contributed by atoms with Gasteiger partial charge in [0.15, 0.2) is 0 Å². The highest BCUT2D eigenvalue weighted by Crippen LogP contribution is 2.27. The summed E-state index contributed by atoms with van der Waals surface area (Å²) in [5, 5.41) is 13.1. The van der Waals surface area contributed by atoms with Gasteiger partial charge < -0.3 is 9.47 Å². The fraction of sp³-hybridized carbons (Fsp3) is 0.684. The van der Waals surface area contributed by atoms with Crippen LogP contribution in [-0.4, -0.2) is 66.4 Å². The molecule has 0 N–H and O–H groups in total. The highest BCUT2D eigenvalue weighted by molar-refractivity contribution is 5.76. The lowest BCUT2D eigenvalue weighted by Crippen LogP contribution is -2.40. The fourth-order valence-electron chi connectivity index (χ4n) is 4.19. The van der Waals surface area contributed by atoms with Gasteiger partial charge in [0.05, 0.1) is 12.7 Å². The molecule has 2 saturated heterocycles. The third-order valence-corrected chi connectivity index (χ3v) is 5.83. The highest BCUT2D eigenvalue weighted by atomic mass is 16.2. The van der Waals surface area contributed by atoms with Crippen LogP contribution in [0.15, 0.2) is 12.4 Å². The quantitative estimate of drug-likeness (QED) is 0.793.